The Bertz CT molecular complexity index is 512. The molecule has 2 rings (SSSR count). The van der Waals surface area contributed by atoms with Gasteiger partial charge < -0.3 is 0 Å². The third kappa shape index (κ3) is 1.66. The fourth-order valence-corrected chi connectivity index (χ4v) is 2.04. The van der Waals surface area contributed by atoms with Crippen LogP contribution in [0.2, 0.25) is 5.02 Å². The molecular formula is C10H8ClNOS. The molecule has 0 radical (unpaired) electrons. The van der Waals surface area contributed by atoms with Crippen LogP contribution in [0.5, 0.6) is 0 Å². The molecule has 1 unspecified atom stereocenters. The number of rotatable bonds is 1. The zero-order valence-electron chi connectivity index (χ0n) is 7.24. The second-order valence-electron chi connectivity index (χ2n) is 2.92. The number of nitrogens with two attached hydrogens (primary N) is 1. The zero-order valence-corrected chi connectivity index (χ0v) is 8.81. The Morgan fingerprint density at radius 1 is 1.21 bits per heavy atom. The van der Waals surface area contributed by atoms with Crippen molar-refractivity contribution in [3.05, 3.63) is 41.4 Å². The van der Waals surface area contributed by atoms with E-state index in [4.69, 9.17) is 16.7 Å². The Hall–Kier alpha value is -0.900. The van der Waals surface area contributed by atoms with Gasteiger partial charge in [-0.25, -0.2) is 9.35 Å². The van der Waals surface area contributed by atoms with Crippen LogP contribution in [0.15, 0.2) is 41.3 Å². The summed E-state index contributed by atoms with van der Waals surface area (Å²) in [5, 5.41) is 7.87. The van der Waals surface area contributed by atoms with E-state index in [1.54, 1.807) is 12.1 Å². The van der Waals surface area contributed by atoms with E-state index in [1.807, 2.05) is 24.3 Å². The van der Waals surface area contributed by atoms with E-state index in [0.717, 1.165) is 10.8 Å². The highest BCUT2D eigenvalue weighted by Crippen LogP contribution is 2.24. The van der Waals surface area contributed by atoms with Crippen molar-refractivity contribution < 1.29 is 4.21 Å². The minimum Gasteiger partial charge on any atom is -0.248 e. The molecule has 2 nitrogen and oxygen atoms in total. The Morgan fingerprint density at radius 2 is 2.00 bits per heavy atom. The van der Waals surface area contributed by atoms with Gasteiger partial charge in [-0.15, -0.1) is 0 Å². The zero-order chi connectivity index (χ0) is 10.1. The molecule has 0 spiro atoms. The molecule has 0 bridgehead atoms. The quantitative estimate of drug-likeness (QED) is 0.796. The maximum Gasteiger partial charge on any atom is 0.122 e. The Morgan fingerprint density at radius 3 is 2.71 bits per heavy atom. The fourth-order valence-electron chi connectivity index (χ4n) is 1.35. The minimum atomic E-state index is -1.43. The normalized spacial score (nSPS) is 13.0. The molecule has 0 aliphatic rings. The minimum absolute atomic E-state index is 0.611. The predicted octanol–water partition coefficient (Wildman–Crippen LogP) is 2.47. The van der Waals surface area contributed by atoms with Crippen molar-refractivity contribution in [3.8, 4) is 0 Å². The molecular weight excluding hydrogens is 218 g/mol. The van der Waals surface area contributed by atoms with Gasteiger partial charge in [0.25, 0.3) is 0 Å². The third-order valence-electron chi connectivity index (χ3n) is 2.03. The highest BCUT2D eigenvalue weighted by Gasteiger charge is 2.02. The predicted molar refractivity (Wildman–Crippen MR) is 59.6 cm³/mol. The first-order valence-electron chi connectivity index (χ1n) is 4.03. The molecule has 0 saturated heterocycles. The standard InChI is InChI=1S/C10H8ClNOS/c11-10-3-1-2-7-6-8(14(12)13)4-5-9(7)10/h1-6H,12H2. The van der Waals surface area contributed by atoms with Gasteiger partial charge in [0, 0.05) is 10.4 Å². The lowest BCUT2D eigenvalue weighted by molar-refractivity contribution is 0.684. The first-order valence-corrected chi connectivity index (χ1v) is 5.62. The van der Waals surface area contributed by atoms with E-state index in [9.17, 15) is 4.21 Å². The summed E-state index contributed by atoms with van der Waals surface area (Å²) in [6.07, 6.45) is 0. The molecule has 2 aromatic carbocycles. The largest absolute Gasteiger partial charge is 0.248 e. The summed E-state index contributed by atoms with van der Waals surface area (Å²) < 4.78 is 11.0. The molecule has 1 atom stereocenters. The summed E-state index contributed by atoms with van der Waals surface area (Å²) in [6, 6.07) is 10.9. The van der Waals surface area contributed by atoms with Gasteiger partial charge in [-0.2, -0.15) is 0 Å². The van der Waals surface area contributed by atoms with Crippen molar-refractivity contribution in [2.75, 3.05) is 0 Å². The van der Waals surface area contributed by atoms with Crippen LogP contribution in [0.4, 0.5) is 0 Å². The van der Waals surface area contributed by atoms with E-state index in [0.29, 0.717) is 9.92 Å². The SMILES string of the molecule is NS(=O)c1ccc2c(Cl)cccc2c1. The molecule has 0 amide bonds. The number of halogens is 1. The third-order valence-corrected chi connectivity index (χ3v) is 3.08. The average Bonchev–Trinajstić information content (AvgIpc) is 2.17. The van der Waals surface area contributed by atoms with E-state index in [-0.39, 0.29) is 0 Å². The molecule has 0 aromatic heterocycles. The summed E-state index contributed by atoms with van der Waals surface area (Å²) in [4.78, 5) is 0.611. The lowest BCUT2D eigenvalue weighted by Crippen LogP contribution is -2.01. The van der Waals surface area contributed by atoms with Crippen molar-refractivity contribution in [2.45, 2.75) is 4.90 Å². The van der Waals surface area contributed by atoms with Crippen molar-refractivity contribution >= 4 is 33.4 Å². The van der Waals surface area contributed by atoms with Crippen molar-refractivity contribution in [1.29, 1.82) is 0 Å². The number of hydrogen-bond acceptors (Lipinski definition) is 1. The molecule has 0 aliphatic carbocycles. The van der Waals surface area contributed by atoms with Gasteiger partial charge in [0.2, 0.25) is 0 Å². The highest BCUT2D eigenvalue weighted by atomic mass is 35.5. The lowest BCUT2D eigenvalue weighted by atomic mass is 10.1. The maximum atomic E-state index is 11.0. The van der Waals surface area contributed by atoms with E-state index >= 15 is 0 Å². The summed E-state index contributed by atoms with van der Waals surface area (Å²) in [7, 11) is -1.43. The van der Waals surface area contributed by atoms with Gasteiger partial charge in [-0.05, 0) is 23.6 Å². The Kier molecular flexibility index (Phi) is 2.54. The van der Waals surface area contributed by atoms with Crippen LogP contribution in [-0.2, 0) is 11.0 Å². The van der Waals surface area contributed by atoms with Crippen molar-refractivity contribution in [1.82, 2.24) is 0 Å². The number of fused-ring (bicyclic) bond motifs is 1. The van der Waals surface area contributed by atoms with Gasteiger partial charge >= 0.3 is 0 Å². The molecule has 0 heterocycles. The summed E-state index contributed by atoms with van der Waals surface area (Å²) >= 11 is 5.98. The van der Waals surface area contributed by atoms with Gasteiger partial charge in [-0.3, -0.25) is 0 Å². The molecule has 0 saturated carbocycles. The average molecular weight is 226 g/mol. The van der Waals surface area contributed by atoms with Gasteiger partial charge in [-0.1, -0.05) is 29.8 Å². The van der Waals surface area contributed by atoms with Crippen molar-refractivity contribution in [2.24, 2.45) is 5.14 Å². The van der Waals surface area contributed by atoms with Crippen LogP contribution < -0.4 is 5.14 Å². The molecule has 14 heavy (non-hydrogen) atoms. The summed E-state index contributed by atoms with van der Waals surface area (Å²) in [5.74, 6) is 0. The van der Waals surface area contributed by atoms with E-state index < -0.39 is 11.0 Å². The highest BCUT2D eigenvalue weighted by molar-refractivity contribution is 7.82. The summed E-state index contributed by atoms with van der Waals surface area (Å²) in [5.41, 5.74) is 0. The van der Waals surface area contributed by atoms with Gasteiger partial charge in [0.05, 0.1) is 4.90 Å². The number of benzene rings is 2. The molecule has 72 valence electrons. The van der Waals surface area contributed by atoms with Crippen LogP contribution in [-0.4, -0.2) is 4.21 Å². The molecule has 2 aromatic rings. The van der Waals surface area contributed by atoms with Crippen LogP contribution >= 0.6 is 11.6 Å². The first-order chi connectivity index (χ1) is 6.68. The second-order valence-corrected chi connectivity index (χ2v) is 4.39. The van der Waals surface area contributed by atoms with E-state index in [1.165, 1.54) is 0 Å². The monoisotopic (exact) mass is 225 g/mol. The van der Waals surface area contributed by atoms with E-state index in [2.05, 4.69) is 0 Å². The second kappa shape index (κ2) is 3.69. The molecule has 0 fully saturated rings. The van der Waals surface area contributed by atoms with Crippen LogP contribution in [0.1, 0.15) is 0 Å². The first kappa shape index (κ1) is 9.65. The number of hydrogen-bond donors (Lipinski definition) is 1. The maximum absolute atomic E-state index is 11.0. The van der Waals surface area contributed by atoms with Crippen LogP contribution in [0, 0.1) is 0 Å². The molecule has 4 heteroatoms. The van der Waals surface area contributed by atoms with Gasteiger partial charge in [0.15, 0.2) is 0 Å². The Balaban J connectivity index is 2.73. The van der Waals surface area contributed by atoms with Crippen molar-refractivity contribution in [3.63, 3.8) is 0 Å². The Labute approximate surface area is 89.3 Å². The smallest absolute Gasteiger partial charge is 0.122 e. The summed E-state index contributed by atoms with van der Waals surface area (Å²) in [6.45, 7) is 0. The van der Waals surface area contributed by atoms with Crippen LogP contribution in [0.3, 0.4) is 0 Å². The fraction of sp³-hybridized carbons (Fsp3) is 0. The van der Waals surface area contributed by atoms with Gasteiger partial charge in [0.1, 0.15) is 11.0 Å². The molecule has 0 aliphatic heterocycles. The molecule has 2 N–H and O–H groups in total. The topological polar surface area (TPSA) is 43.1 Å². The lowest BCUT2D eigenvalue weighted by Gasteiger charge is -2.01. The van der Waals surface area contributed by atoms with Crippen LogP contribution in [0.25, 0.3) is 10.8 Å².